The molecule has 1 aromatic rings. The average Bonchev–Trinajstić information content (AvgIpc) is 3.04. The van der Waals surface area contributed by atoms with Crippen molar-refractivity contribution in [2.45, 2.75) is 46.5 Å². The number of hydrogen-bond donors (Lipinski definition) is 1. The fourth-order valence-electron chi connectivity index (χ4n) is 3.12. The van der Waals surface area contributed by atoms with Gasteiger partial charge in [0, 0.05) is 35.1 Å². The van der Waals surface area contributed by atoms with Gasteiger partial charge in [0.15, 0.2) is 0 Å². The molecule has 0 saturated carbocycles. The van der Waals surface area contributed by atoms with E-state index in [4.69, 9.17) is 9.47 Å². The van der Waals surface area contributed by atoms with Crippen molar-refractivity contribution in [2.24, 2.45) is 10.4 Å². The van der Waals surface area contributed by atoms with E-state index in [1.54, 1.807) is 0 Å². The van der Waals surface area contributed by atoms with Gasteiger partial charge < -0.3 is 14.5 Å². The number of aliphatic imine (C=N–C) groups is 1. The second-order valence-electron chi connectivity index (χ2n) is 6.97. The van der Waals surface area contributed by atoms with Gasteiger partial charge >= 0.3 is 11.9 Å². The fourth-order valence-corrected chi connectivity index (χ4v) is 3.12. The summed E-state index contributed by atoms with van der Waals surface area (Å²) in [7, 11) is 2.74. The third-order valence-electron chi connectivity index (χ3n) is 4.47. The molecule has 0 radical (unpaired) electrons. The molecule has 2 heterocycles. The Morgan fingerprint density at radius 2 is 1.96 bits per heavy atom. The summed E-state index contributed by atoms with van der Waals surface area (Å²) in [6, 6.07) is 0. The Bertz CT molecular complexity index is 726. The number of rotatable bonds is 6. The summed E-state index contributed by atoms with van der Waals surface area (Å²) in [5, 5.41) is 0. The molecule has 0 saturated heterocycles. The first-order chi connectivity index (χ1) is 11.8. The van der Waals surface area contributed by atoms with E-state index in [1.165, 1.54) is 14.2 Å². The number of nitrogens with one attached hydrogen (secondary N) is 1. The van der Waals surface area contributed by atoms with Crippen molar-refractivity contribution in [2.75, 3.05) is 14.2 Å². The molecule has 0 bridgehead atoms. The summed E-state index contributed by atoms with van der Waals surface area (Å²) in [6.45, 7) is 6.33. The average molecular weight is 346 g/mol. The van der Waals surface area contributed by atoms with Crippen LogP contribution in [0.25, 0.3) is 6.08 Å². The second-order valence-corrected chi connectivity index (χ2v) is 6.97. The summed E-state index contributed by atoms with van der Waals surface area (Å²) >= 11 is 0. The van der Waals surface area contributed by atoms with Crippen molar-refractivity contribution in [3.8, 4) is 0 Å². The van der Waals surface area contributed by atoms with Crippen molar-refractivity contribution in [1.29, 1.82) is 0 Å². The van der Waals surface area contributed by atoms with E-state index in [1.807, 2.05) is 19.2 Å². The quantitative estimate of drug-likeness (QED) is 0.803. The number of nitrogens with zero attached hydrogens (tertiary/aromatic N) is 1. The van der Waals surface area contributed by atoms with E-state index in [-0.39, 0.29) is 30.2 Å². The van der Waals surface area contributed by atoms with Gasteiger partial charge in [-0.3, -0.25) is 14.6 Å². The Balaban J connectivity index is 2.35. The van der Waals surface area contributed by atoms with Crippen LogP contribution >= 0.6 is 0 Å². The number of H-pyrrole nitrogens is 1. The number of ether oxygens (including phenoxy) is 2. The highest BCUT2D eigenvalue weighted by molar-refractivity contribution is 5.88. The lowest BCUT2D eigenvalue weighted by Gasteiger charge is -2.18. The zero-order valence-electron chi connectivity index (χ0n) is 15.6. The Labute approximate surface area is 148 Å². The SMILES string of the molecule is COC(=O)CCc1c[nH]c(/C=C2\N=C(C)CC2(C)C)c1CC(=O)OC. The molecule has 1 aliphatic heterocycles. The number of allylic oxidation sites excluding steroid dienone is 1. The van der Waals surface area contributed by atoms with Crippen LogP contribution in [0, 0.1) is 5.41 Å². The third-order valence-corrected chi connectivity index (χ3v) is 4.47. The molecule has 0 atom stereocenters. The van der Waals surface area contributed by atoms with Crippen molar-refractivity contribution in [3.63, 3.8) is 0 Å². The first-order valence-electron chi connectivity index (χ1n) is 8.36. The first kappa shape index (κ1) is 19.0. The van der Waals surface area contributed by atoms with Gasteiger partial charge in [-0.15, -0.1) is 0 Å². The van der Waals surface area contributed by atoms with E-state index >= 15 is 0 Å². The van der Waals surface area contributed by atoms with Crippen LogP contribution in [0.4, 0.5) is 0 Å². The van der Waals surface area contributed by atoms with Gasteiger partial charge in [0.2, 0.25) is 0 Å². The molecule has 0 unspecified atom stereocenters. The largest absolute Gasteiger partial charge is 0.469 e. The molecule has 1 N–H and O–H groups in total. The monoisotopic (exact) mass is 346 g/mol. The zero-order valence-corrected chi connectivity index (χ0v) is 15.6. The number of hydrogen-bond acceptors (Lipinski definition) is 5. The van der Waals surface area contributed by atoms with Gasteiger partial charge in [-0.2, -0.15) is 0 Å². The maximum atomic E-state index is 11.8. The minimum absolute atomic E-state index is 0.0378. The maximum Gasteiger partial charge on any atom is 0.310 e. The number of aromatic amines is 1. The van der Waals surface area contributed by atoms with Crippen LogP contribution in [0.1, 0.15) is 50.4 Å². The third kappa shape index (κ3) is 4.59. The lowest BCUT2D eigenvalue weighted by Crippen LogP contribution is -2.11. The normalized spacial score (nSPS) is 17.5. The molecule has 0 amide bonds. The van der Waals surface area contributed by atoms with Crippen LogP contribution in [-0.4, -0.2) is 36.9 Å². The molecular weight excluding hydrogens is 320 g/mol. The molecule has 136 valence electrons. The minimum Gasteiger partial charge on any atom is -0.469 e. The molecule has 1 aliphatic rings. The number of methoxy groups -OCH3 is 2. The van der Waals surface area contributed by atoms with Crippen molar-refractivity contribution in [1.82, 2.24) is 4.98 Å². The van der Waals surface area contributed by atoms with E-state index < -0.39 is 0 Å². The smallest absolute Gasteiger partial charge is 0.310 e. The number of carbonyl (C=O) groups excluding carboxylic acids is 2. The van der Waals surface area contributed by atoms with Gasteiger partial charge in [-0.1, -0.05) is 13.8 Å². The van der Waals surface area contributed by atoms with Gasteiger partial charge in [0.1, 0.15) is 0 Å². The first-order valence-corrected chi connectivity index (χ1v) is 8.36. The fraction of sp³-hybridized carbons (Fsp3) is 0.526. The summed E-state index contributed by atoms with van der Waals surface area (Å²) in [5.74, 6) is -0.591. The predicted octanol–water partition coefficient (Wildman–Crippen LogP) is 3.07. The summed E-state index contributed by atoms with van der Waals surface area (Å²) in [5.41, 5.74) is 4.65. The van der Waals surface area contributed by atoms with Gasteiger partial charge in [-0.05, 0) is 37.0 Å². The Morgan fingerprint density at radius 3 is 2.52 bits per heavy atom. The second kappa shape index (κ2) is 7.68. The van der Waals surface area contributed by atoms with Crippen molar-refractivity contribution in [3.05, 3.63) is 28.7 Å². The number of carbonyl (C=O) groups is 2. The molecule has 0 aromatic carbocycles. The highest BCUT2D eigenvalue weighted by atomic mass is 16.5. The molecule has 6 heteroatoms. The van der Waals surface area contributed by atoms with E-state index in [0.717, 1.165) is 34.7 Å². The lowest BCUT2D eigenvalue weighted by molar-refractivity contribution is -0.140. The Hall–Kier alpha value is -2.37. The van der Waals surface area contributed by atoms with Crippen LogP contribution in [0.15, 0.2) is 16.9 Å². The minimum atomic E-state index is -0.316. The summed E-state index contributed by atoms with van der Waals surface area (Å²) in [6.07, 6.45) is 5.67. The molecule has 6 nitrogen and oxygen atoms in total. The van der Waals surface area contributed by atoms with Gasteiger partial charge in [0.05, 0.1) is 20.6 Å². The molecule has 2 rings (SSSR count). The maximum absolute atomic E-state index is 11.8. The number of aryl methyl sites for hydroxylation is 1. The summed E-state index contributed by atoms with van der Waals surface area (Å²) < 4.78 is 9.51. The molecule has 0 fully saturated rings. The molecule has 1 aromatic heterocycles. The molecule has 25 heavy (non-hydrogen) atoms. The van der Waals surface area contributed by atoms with Crippen LogP contribution in [0.3, 0.4) is 0 Å². The topological polar surface area (TPSA) is 80.8 Å². The van der Waals surface area contributed by atoms with Crippen LogP contribution in [0.2, 0.25) is 0 Å². The van der Waals surface area contributed by atoms with E-state index in [2.05, 4.69) is 23.8 Å². The highest BCUT2D eigenvalue weighted by Crippen LogP contribution is 2.38. The van der Waals surface area contributed by atoms with E-state index in [9.17, 15) is 9.59 Å². The zero-order chi connectivity index (χ0) is 18.6. The van der Waals surface area contributed by atoms with Gasteiger partial charge in [-0.25, -0.2) is 0 Å². The van der Waals surface area contributed by atoms with E-state index in [0.29, 0.717) is 6.42 Å². The molecular formula is C19H26N2O4. The lowest BCUT2D eigenvalue weighted by atomic mass is 9.86. The van der Waals surface area contributed by atoms with Gasteiger partial charge in [0.25, 0.3) is 0 Å². The number of esters is 2. The number of aromatic nitrogens is 1. The summed E-state index contributed by atoms with van der Waals surface area (Å²) in [4.78, 5) is 31.1. The Kier molecular flexibility index (Phi) is 5.82. The standard InChI is InChI=1S/C19H26N2O4/c1-12-10-19(2,3)16(21-12)9-15-14(8-18(23)25-5)13(11-20-15)6-7-17(22)24-4/h9,11,20H,6-8,10H2,1-5H3/b16-9-. The van der Waals surface area contributed by atoms with Crippen LogP contribution < -0.4 is 0 Å². The van der Waals surface area contributed by atoms with Crippen LogP contribution in [-0.2, 0) is 31.9 Å². The van der Waals surface area contributed by atoms with Crippen LogP contribution in [0.5, 0.6) is 0 Å². The highest BCUT2D eigenvalue weighted by Gasteiger charge is 2.30. The van der Waals surface area contributed by atoms with Crippen molar-refractivity contribution < 1.29 is 19.1 Å². The molecule has 0 spiro atoms. The van der Waals surface area contributed by atoms with Crippen molar-refractivity contribution >= 4 is 23.7 Å². The molecule has 0 aliphatic carbocycles. The Morgan fingerprint density at radius 1 is 1.28 bits per heavy atom. The predicted molar refractivity (Wildman–Crippen MR) is 96.3 cm³/mol.